The van der Waals surface area contributed by atoms with E-state index in [2.05, 4.69) is 15.0 Å². The minimum absolute atomic E-state index is 0.0381. The number of carbonyl (C=O) groups is 1. The van der Waals surface area contributed by atoms with E-state index in [-0.39, 0.29) is 28.1 Å². The number of alkyl halides is 2. The summed E-state index contributed by atoms with van der Waals surface area (Å²) in [6, 6.07) is 19.3. The van der Waals surface area contributed by atoms with Crippen LogP contribution in [0.15, 0.2) is 82.7 Å². The summed E-state index contributed by atoms with van der Waals surface area (Å²) >= 11 is 7.15. The number of nitrogens with zero attached hydrogens (tertiary/aromatic N) is 2. The number of amides is 1. The number of carbonyl (C=O) groups excluding carboxylic acids is 1. The molecule has 0 spiro atoms. The predicted octanol–water partition coefficient (Wildman–Crippen LogP) is 5.37. The van der Waals surface area contributed by atoms with Crippen LogP contribution in [0.4, 0.5) is 14.5 Å². The van der Waals surface area contributed by atoms with Crippen molar-refractivity contribution < 1.29 is 18.3 Å². The quantitative estimate of drug-likeness (QED) is 0.280. The Labute approximate surface area is 196 Å². The van der Waals surface area contributed by atoms with Crippen LogP contribution in [0.25, 0.3) is 16.6 Å². The van der Waals surface area contributed by atoms with E-state index in [0.29, 0.717) is 27.3 Å². The molecule has 4 rings (SSSR count). The summed E-state index contributed by atoms with van der Waals surface area (Å²) in [4.78, 5) is 30.3. The molecule has 1 aromatic heterocycles. The Morgan fingerprint density at radius 2 is 1.76 bits per heavy atom. The average molecular weight is 488 g/mol. The number of aromatic nitrogens is 2. The van der Waals surface area contributed by atoms with Gasteiger partial charge in [-0.3, -0.25) is 14.2 Å². The fourth-order valence-electron chi connectivity index (χ4n) is 3.09. The van der Waals surface area contributed by atoms with Crippen LogP contribution in [0.3, 0.4) is 0 Å². The van der Waals surface area contributed by atoms with Crippen LogP contribution in [0.5, 0.6) is 5.75 Å². The molecular formula is C23H16ClF2N3O3S. The second-order valence-corrected chi connectivity index (χ2v) is 8.09. The van der Waals surface area contributed by atoms with E-state index in [1.165, 1.54) is 28.8 Å². The van der Waals surface area contributed by atoms with E-state index in [1.807, 2.05) is 0 Å². The molecule has 1 amide bonds. The Bertz CT molecular complexity index is 1360. The van der Waals surface area contributed by atoms with Gasteiger partial charge in [0, 0.05) is 0 Å². The van der Waals surface area contributed by atoms with Gasteiger partial charge >= 0.3 is 6.61 Å². The smallest absolute Gasteiger partial charge is 0.387 e. The third-order valence-corrected chi connectivity index (χ3v) is 5.81. The number of thioether (sulfide) groups is 1. The molecule has 33 heavy (non-hydrogen) atoms. The Morgan fingerprint density at radius 3 is 2.48 bits per heavy atom. The monoisotopic (exact) mass is 487 g/mol. The molecule has 0 unspecified atom stereocenters. The van der Waals surface area contributed by atoms with Crippen molar-refractivity contribution in [2.24, 2.45) is 0 Å². The minimum Gasteiger partial charge on any atom is -0.435 e. The average Bonchev–Trinajstić information content (AvgIpc) is 2.80. The molecule has 0 radical (unpaired) electrons. The van der Waals surface area contributed by atoms with Crippen molar-refractivity contribution in [3.05, 3.63) is 88.2 Å². The number of rotatable bonds is 7. The van der Waals surface area contributed by atoms with E-state index < -0.39 is 6.61 Å². The lowest BCUT2D eigenvalue weighted by Crippen LogP contribution is -2.23. The summed E-state index contributed by atoms with van der Waals surface area (Å²) in [5.74, 6) is -0.408. The number of anilines is 1. The van der Waals surface area contributed by atoms with E-state index in [1.54, 1.807) is 48.5 Å². The first-order valence-corrected chi connectivity index (χ1v) is 11.0. The Balaban J connectivity index is 1.66. The summed E-state index contributed by atoms with van der Waals surface area (Å²) in [5.41, 5.74) is 1.000. The third-order valence-electron chi connectivity index (χ3n) is 4.55. The Hall–Kier alpha value is -3.43. The second-order valence-electron chi connectivity index (χ2n) is 6.74. The molecule has 10 heteroatoms. The van der Waals surface area contributed by atoms with Crippen molar-refractivity contribution in [3.8, 4) is 11.4 Å². The van der Waals surface area contributed by atoms with Crippen LogP contribution < -0.4 is 15.6 Å². The maximum atomic E-state index is 13.2. The van der Waals surface area contributed by atoms with E-state index >= 15 is 0 Å². The molecule has 3 aromatic carbocycles. The fraction of sp³-hybridized carbons (Fsp3) is 0.0870. The highest BCUT2D eigenvalue weighted by Crippen LogP contribution is 2.25. The molecule has 0 saturated heterocycles. The van der Waals surface area contributed by atoms with Gasteiger partial charge in [0.15, 0.2) is 5.16 Å². The normalized spacial score (nSPS) is 11.0. The highest BCUT2D eigenvalue weighted by Gasteiger charge is 2.16. The maximum Gasteiger partial charge on any atom is 0.387 e. The first kappa shape index (κ1) is 22.8. The third kappa shape index (κ3) is 5.32. The van der Waals surface area contributed by atoms with Gasteiger partial charge in [-0.05, 0) is 48.5 Å². The van der Waals surface area contributed by atoms with Gasteiger partial charge in [0.25, 0.3) is 5.56 Å². The first-order valence-electron chi connectivity index (χ1n) is 9.66. The molecule has 0 saturated carbocycles. The molecule has 1 heterocycles. The number of hydrogen-bond donors (Lipinski definition) is 1. The zero-order valence-electron chi connectivity index (χ0n) is 16.9. The van der Waals surface area contributed by atoms with Gasteiger partial charge in [0.1, 0.15) is 5.75 Å². The Kier molecular flexibility index (Phi) is 6.90. The standard InChI is InChI=1S/C23H16ClF2N3O3S/c24-17-6-2-4-8-19(17)27-20(30)13-33-23-28-18-7-3-1-5-16(18)21(31)29(23)14-9-11-15(12-10-14)32-22(25)26/h1-12,22H,13H2,(H,27,30). The zero-order chi connectivity index (χ0) is 23.4. The first-order chi connectivity index (χ1) is 15.9. The molecule has 4 aromatic rings. The molecule has 0 atom stereocenters. The highest BCUT2D eigenvalue weighted by molar-refractivity contribution is 7.99. The van der Waals surface area contributed by atoms with Gasteiger partial charge in [0.05, 0.1) is 33.1 Å². The molecule has 1 N–H and O–H groups in total. The number of ether oxygens (including phenoxy) is 1. The lowest BCUT2D eigenvalue weighted by Gasteiger charge is -2.14. The predicted molar refractivity (Wildman–Crippen MR) is 125 cm³/mol. The molecule has 0 aliphatic rings. The lowest BCUT2D eigenvalue weighted by atomic mass is 10.2. The van der Waals surface area contributed by atoms with Crippen LogP contribution >= 0.6 is 23.4 Å². The largest absolute Gasteiger partial charge is 0.435 e. The second kappa shape index (κ2) is 10.0. The fourth-order valence-corrected chi connectivity index (χ4v) is 4.09. The van der Waals surface area contributed by atoms with Crippen LogP contribution in [-0.2, 0) is 4.79 Å². The minimum atomic E-state index is -2.95. The number of halogens is 3. The molecule has 0 aliphatic carbocycles. The van der Waals surface area contributed by atoms with E-state index in [9.17, 15) is 18.4 Å². The topological polar surface area (TPSA) is 73.2 Å². The summed E-state index contributed by atoms with van der Waals surface area (Å²) in [6.45, 7) is -2.95. The van der Waals surface area contributed by atoms with Crippen molar-refractivity contribution >= 4 is 45.9 Å². The van der Waals surface area contributed by atoms with Crippen LogP contribution in [0.1, 0.15) is 0 Å². The SMILES string of the molecule is O=C(CSc1nc2ccccc2c(=O)n1-c1ccc(OC(F)F)cc1)Nc1ccccc1Cl. The van der Waals surface area contributed by atoms with Crippen LogP contribution in [-0.4, -0.2) is 27.8 Å². The number of hydrogen-bond acceptors (Lipinski definition) is 5. The molecule has 6 nitrogen and oxygen atoms in total. The molecule has 0 fully saturated rings. The van der Waals surface area contributed by atoms with Gasteiger partial charge in [-0.15, -0.1) is 0 Å². The molecule has 0 aliphatic heterocycles. The van der Waals surface area contributed by atoms with Crippen molar-refractivity contribution in [1.29, 1.82) is 0 Å². The number of nitrogens with one attached hydrogen (secondary N) is 1. The van der Waals surface area contributed by atoms with Gasteiger partial charge in [-0.25, -0.2) is 4.98 Å². The van der Waals surface area contributed by atoms with E-state index in [4.69, 9.17) is 11.6 Å². The molecular weight excluding hydrogens is 472 g/mol. The number of benzene rings is 3. The van der Waals surface area contributed by atoms with Crippen molar-refractivity contribution in [3.63, 3.8) is 0 Å². The number of para-hydroxylation sites is 2. The zero-order valence-corrected chi connectivity index (χ0v) is 18.4. The molecule has 168 valence electrons. The van der Waals surface area contributed by atoms with Gasteiger partial charge in [-0.1, -0.05) is 47.6 Å². The molecule has 0 bridgehead atoms. The summed E-state index contributed by atoms with van der Waals surface area (Å²) in [5, 5.41) is 3.79. The van der Waals surface area contributed by atoms with Gasteiger partial charge in [0.2, 0.25) is 5.91 Å². The summed E-state index contributed by atoms with van der Waals surface area (Å²) in [6.07, 6.45) is 0. The number of fused-ring (bicyclic) bond motifs is 1. The van der Waals surface area contributed by atoms with Crippen LogP contribution in [0.2, 0.25) is 5.02 Å². The lowest BCUT2D eigenvalue weighted by molar-refractivity contribution is -0.113. The van der Waals surface area contributed by atoms with Crippen LogP contribution in [0, 0.1) is 0 Å². The maximum absolute atomic E-state index is 13.2. The van der Waals surface area contributed by atoms with E-state index in [0.717, 1.165) is 11.8 Å². The Morgan fingerprint density at radius 1 is 1.06 bits per heavy atom. The van der Waals surface area contributed by atoms with Gasteiger partial charge in [-0.2, -0.15) is 8.78 Å². The summed E-state index contributed by atoms with van der Waals surface area (Å²) < 4.78 is 30.6. The summed E-state index contributed by atoms with van der Waals surface area (Å²) in [7, 11) is 0. The highest BCUT2D eigenvalue weighted by atomic mass is 35.5. The van der Waals surface area contributed by atoms with Crippen molar-refractivity contribution in [2.75, 3.05) is 11.1 Å². The van der Waals surface area contributed by atoms with Crippen molar-refractivity contribution in [2.45, 2.75) is 11.8 Å². The van der Waals surface area contributed by atoms with Gasteiger partial charge < -0.3 is 10.1 Å². The van der Waals surface area contributed by atoms with Crippen molar-refractivity contribution in [1.82, 2.24) is 9.55 Å².